The number of non-ortho nitro benzene ring substituents is 1. The third kappa shape index (κ3) is 4.27. The number of hydrogen-bond acceptors (Lipinski definition) is 5. The average molecular weight is 335 g/mol. The first kappa shape index (κ1) is 16.9. The quantitative estimate of drug-likeness (QED) is 0.577. The number of nitrogens with zero attached hydrogens (tertiary/aromatic N) is 1. The topological polar surface area (TPSA) is 105 Å². The van der Waals surface area contributed by atoms with Crippen LogP contribution >= 0.6 is 11.3 Å². The van der Waals surface area contributed by atoms with Gasteiger partial charge in [0.25, 0.3) is 5.69 Å². The van der Waals surface area contributed by atoms with Gasteiger partial charge >= 0.3 is 6.03 Å². The van der Waals surface area contributed by atoms with Crippen molar-refractivity contribution in [3.8, 4) is 0 Å². The second kappa shape index (κ2) is 6.76. The molecule has 0 spiro atoms. The normalized spacial score (nSPS) is 13.2. The van der Waals surface area contributed by atoms with Gasteiger partial charge < -0.3 is 15.7 Å². The summed E-state index contributed by atoms with van der Waals surface area (Å²) in [5, 5.41) is 28.1. The smallest absolute Gasteiger partial charge is 0.319 e. The van der Waals surface area contributed by atoms with E-state index in [1.54, 1.807) is 26.0 Å². The fraction of sp³-hybridized carbons (Fsp3) is 0.267. The highest BCUT2D eigenvalue weighted by Gasteiger charge is 2.25. The van der Waals surface area contributed by atoms with Crippen LogP contribution in [0.25, 0.3) is 0 Å². The summed E-state index contributed by atoms with van der Waals surface area (Å²) in [4.78, 5) is 23.0. The Morgan fingerprint density at radius 1 is 1.43 bits per heavy atom. The molecule has 1 aromatic carbocycles. The number of thiophene rings is 1. The number of nitrogens with one attached hydrogen (secondary N) is 2. The minimum absolute atomic E-state index is 0.0212. The highest BCUT2D eigenvalue weighted by molar-refractivity contribution is 7.10. The first-order chi connectivity index (χ1) is 10.8. The van der Waals surface area contributed by atoms with Crippen LogP contribution in [0.4, 0.5) is 16.2 Å². The molecule has 0 aliphatic carbocycles. The lowest BCUT2D eigenvalue weighted by molar-refractivity contribution is -0.384. The second-order valence-electron chi connectivity index (χ2n) is 5.32. The molecule has 3 N–H and O–H groups in total. The van der Waals surface area contributed by atoms with Crippen LogP contribution in [0.1, 0.15) is 17.4 Å². The minimum Gasteiger partial charge on any atom is -0.383 e. The molecule has 122 valence electrons. The number of carbonyl (C=O) groups excluding carboxylic acids is 1. The van der Waals surface area contributed by atoms with Gasteiger partial charge in [-0.25, -0.2) is 4.79 Å². The molecule has 2 amide bonds. The number of nitro benzene ring substituents is 1. The maximum atomic E-state index is 12.0. The van der Waals surface area contributed by atoms with Crippen molar-refractivity contribution < 1.29 is 14.8 Å². The first-order valence-corrected chi connectivity index (χ1v) is 7.74. The molecule has 1 aromatic heterocycles. The summed E-state index contributed by atoms with van der Waals surface area (Å²) >= 11 is 1.40. The third-order valence-corrected chi connectivity index (χ3v) is 4.45. The Morgan fingerprint density at radius 3 is 2.78 bits per heavy atom. The largest absolute Gasteiger partial charge is 0.383 e. The summed E-state index contributed by atoms with van der Waals surface area (Å²) in [6, 6.07) is 7.31. The molecule has 8 heteroatoms. The van der Waals surface area contributed by atoms with Gasteiger partial charge in [-0.2, -0.15) is 0 Å². The van der Waals surface area contributed by atoms with E-state index >= 15 is 0 Å². The summed E-state index contributed by atoms with van der Waals surface area (Å²) in [5.41, 5.74) is -0.219. The lowest BCUT2D eigenvalue weighted by Gasteiger charge is -2.22. The van der Waals surface area contributed by atoms with E-state index in [-0.39, 0.29) is 12.2 Å². The van der Waals surface area contributed by atoms with Crippen molar-refractivity contribution in [1.82, 2.24) is 5.32 Å². The van der Waals surface area contributed by atoms with Crippen LogP contribution in [0.3, 0.4) is 0 Å². The van der Waals surface area contributed by atoms with Crippen molar-refractivity contribution in [3.05, 3.63) is 56.3 Å². The highest BCUT2D eigenvalue weighted by atomic mass is 32.1. The van der Waals surface area contributed by atoms with Gasteiger partial charge in [0.05, 0.1) is 17.2 Å². The van der Waals surface area contributed by atoms with Crippen LogP contribution in [0.2, 0.25) is 0 Å². The maximum Gasteiger partial charge on any atom is 0.319 e. The Kier molecular flexibility index (Phi) is 4.97. The lowest BCUT2D eigenvalue weighted by atomic mass is 10.1. The van der Waals surface area contributed by atoms with Crippen LogP contribution in [0, 0.1) is 17.0 Å². The standard InChI is InChI=1S/C15H17N3O4S/c1-10-5-6-11(18(21)22)8-12(10)17-14(19)16-9-15(2,20)13-4-3-7-23-13/h3-8,20H,9H2,1-2H3,(H2,16,17,19). The zero-order chi connectivity index (χ0) is 17.0. The molecule has 0 saturated carbocycles. The fourth-order valence-corrected chi connectivity index (χ4v) is 2.74. The van der Waals surface area contributed by atoms with Crippen LogP contribution in [-0.4, -0.2) is 22.6 Å². The molecular formula is C15H17N3O4S. The van der Waals surface area contributed by atoms with E-state index in [0.717, 1.165) is 4.88 Å². The Labute approximate surface area is 137 Å². The van der Waals surface area contributed by atoms with Crippen molar-refractivity contribution in [1.29, 1.82) is 0 Å². The van der Waals surface area contributed by atoms with Gasteiger partial charge in [-0.1, -0.05) is 12.1 Å². The van der Waals surface area contributed by atoms with Gasteiger partial charge in [0.2, 0.25) is 0 Å². The minimum atomic E-state index is -1.18. The average Bonchev–Trinajstić information content (AvgIpc) is 3.02. The Bertz CT molecular complexity index is 714. The van der Waals surface area contributed by atoms with E-state index in [9.17, 15) is 20.0 Å². The first-order valence-electron chi connectivity index (χ1n) is 6.86. The number of benzene rings is 1. The number of rotatable bonds is 5. The van der Waals surface area contributed by atoms with Gasteiger partial charge in [-0.05, 0) is 30.9 Å². The Hall–Kier alpha value is -2.45. The van der Waals surface area contributed by atoms with Crippen molar-refractivity contribution in [3.63, 3.8) is 0 Å². The predicted octanol–water partition coefficient (Wildman–Crippen LogP) is 2.99. The van der Waals surface area contributed by atoms with E-state index in [1.807, 2.05) is 11.4 Å². The zero-order valence-corrected chi connectivity index (χ0v) is 13.5. The van der Waals surface area contributed by atoms with E-state index < -0.39 is 16.6 Å². The Balaban J connectivity index is 2.00. The number of amides is 2. The molecule has 0 bridgehead atoms. The lowest BCUT2D eigenvalue weighted by Crippen LogP contribution is -2.40. The fourth-order valence-electron chi connectivity index (χ4n) is 1.95. The Morgan fingerprint density at radius 2 is 2.17 bits per heavy atom. The van der Waals surface area contributed by atoms with E-state index in [2.05, 4.69) is 10.6 Å². The summed E-state index contributed by atoms with van der Waals surface area (Å²) in [5.74, 6) is 0. The van der Waals surface area contributed by atoms with Gasteiger partial charge in [-0.3, -0.25) is 10.1 Å². The number of anilines is 1. The zero-order valence-electron chi connectivity index (χ0n) is 12.7. The molecule has 0 aliphatic rings. The predicted molar refractivity (Wildman–Crippen MR) is 88.7 cm³/mol. The van der Waals surface area contributed by atoms with E-state index in [0.29, 0.717) is 11.3 Å². The molecule has 7 nitrogen and oxygen atoms in total. The van der Waals surface area contributed by atoms with Crippen LogP contribution in [-0.2, 0) is 5.60 Å². The summed E-state index contributed by atoms with van der Waals surface area (Å²) in [6.45, 7) is 3.37. The number of urea groups is 1. The number of nitro groups is 1. The molecule has 0 fully saturated rings. The van der Waals surface area contributed by atoms with Crippen molar-refractivity contribution in [2.24, 2.45) is 0 Å². The van der Waals surface area contributed by atoms with Gasteiger partial charge in [0.1, 0.15) is 5.60 Å². The molecular weight excluding hydrogens is 318 g/mol. The molecule has 1 heterocycles. The SMILES string of the molecule is Cc1ccc([N+](=O)[O-])cc1NC(=O)NCC(C)(O)c1cccs1. The van der Waals surface area contributed by atoms with Gasteiger partial charge in [-0.15, -0.1) is 11.3 Å². The van der Waals surface area contributed by atoms with Crippen LogP contribution in [0.5, 0.6) is 0 Å². The van der Waals surface area contributed by atoms with Crippen molar-refractivity contribution in [2.45, 2.75) is 19.4 Å². The third-order valence-electron chi connectivity index (χ3n) is 3.33. The molecule has 2 aromatic rings. The van der Waals surface area contributed by atoms with Gasteiger partial charge in [0.15, 0.2) is 0 Å². The number of hydrogen-bond donors (Lipinski definition) is 3. The molecule has 23 heavy (non-hydrogen) atoms. The molecule has 1 atom stereocenters. The molecule has 0 radical (unpaired) electrons. The molecule has 0 aliphatic heterocycles. The number of carbonyl (C=O) groups is 1. The van der Waals surface area contributed by atoms with Crippen LogP contribution < -0.4 is 10.6 Å². The van der Waals surface area contributed by atoms with E-state index in [1.165, 1.54) is 23.5 Å². The highest BCUT2D eigenvalue weighted by Crippen LogP contribution is 2.25. The summed E-state index contributed by atoms with van der Waals surface area (Å²) in [6.07, 6.45) is 0. The summed E-state index contributed by atoms with van der Waals surface area (Å²) in [7, 11) is 0. The van der Waals surface area contributed by atoms with Crippen LogP contribution in [0.15, 0.2) is 35.7 Å². The van der Waals surface area contributed by atoms with Gasteiger partial charge in [0, 0.05) is 17.0 Å². The van der Waals surface area contributed by atoms with Crippen molar-refractivity contribution >= 4 is 28.7 Å². The molecule has 0 saturated heterocycles. The van der Waals surface area contributed by atoms with E-state index in [4.69, 9.17) is 0 Å². The number of aryl methyl sites for hydroxylation is 1. The van der Waals surface area contributed by atoms with Crippen molar-refractivity contribution in [2.75, 3.05) is 11.9 Å². The molecule has 1 unspecified atom stereocenters. The monoisotopic (exact) mass is 335 g/mol. The molecule has 2 rings (SSSR count). The second-order valence-corrected chi connectivity index (χ2v) is 6.26. The maximum absolute atomic E-state index is 12.0. The number of aliphatic hydroxyl groups is 1. The summed E-state index contributed by atoms with van der Waals surface area (Å²) < 4.78 is 0.